The fourth-order valence-corrected chi connectivity index (χ4v) is 5.31. The lowest BCUT2D eigenvalue weighted by molar-refractivity contribution is -0.139. The van der Waals surface area contributed by atoms with Crippen molar-refractivity contribution in [3.05, 3.63) is 99.5 Å². The van der Waals surface area contributed by atoms with Crippen molar-refractivity contribution < 1.29 is 31.2 Å². The molecule has 0 aliphatic heterocycles. The standard InChI is InChI=1S/C27H26Cl2F3N3O4S/c1-33-26(37)24(13-18-7-4-3-5-8-18)34(16-19-11-12-21(28)15-23(19)29)25(36)17-35(40(2,38)39)22-10-6-9-20(14-22)27(30,31)32/h3-12,14-15,24H,13,16-17H2,1-2H3,(H,33,37)/t24-/m1/s1. The molecular formula is C27H26Cl2F3N3O4S. The van der Waals surface area contributed by atoms with E-state index in [9.17, 15) is 31.2 Å². The maximum Gasteiger partial charge on any atom is 0.416 e. The largest absolute Gasteiger partial charge is 0.416 e. The normalized spacial score (nSPS) is 12.5. The molecule has 3 aromatic rings. The fraction of sp³-hybridized carbons (Fsp3) is 0.259. The Hall–Kier alpha value is -3.28. The Morgan fingerprint density at radius 2 is 1.65 bits per heavy atom. The average Bonchev–Trinajstić information content (AvgIpc) is 2.89. The van der Waals surface area contributed by atoms with Gasteiger partial charge in [0, 0.05) is 30.1 Å². The number of amides is 2. The van der Waals surface area contributed by atoms with Crippen LogP contribution in [0.5, 0.6) is 0 Å². The number of likely N-dealkylation sites (N-methyl/N-ethyl adjacent to an activating group) is 1. The van der Waals surface area contributed by atoms with Gasteiger partial charge in [-0.3, -0.25) is 13.9 Å². The number of carbonyl (C=O) groups excluding carboxylic acids is 2. The van der Waals surface area contributed by atoms with Gasteiger partial charge >= 0.3 is 6.18 Å². The number of halogens is 5. The molecule has 0 aromatic heterocycles. The third-order valence-electron chi connectivity index (χ3n) is 6.01. The maximum absolute atomic E-state index is 13.8. The summed E-state index contributed by atoms with van der Waals surface area (Å²) in [4.78, 5) is 28.1. The Labute approximate surface area is 240 Å². The number of rotatable bonds is 10. The Morgan fingerprint density at radius 1 is 0.975 bits per heavy atom. The minimum absolute atomic E-state index is 0.0693. The molecule has 2 amide bonds. The van der Waals surface area contributed by atoms with Crippen molar-refractivity contribution in [3.8, 4) is 0 Å². The molecule has 40 heavy (non-hydrogen) atoms. The summed E-state index contributed by atoms with van der Waals surface area (Å²) in [6, 6.07) is 15.9. The van der Waals surface area contributed by atoms with Crippen molar-refractivity contribution in [2.45, 2.75) is 25.2 Å². The van der Waals surface area contributed by atoms with Crippen LogP contribution in [0.1, 0.15) is 16.7 Å². The monoisotopic (exact) mass is 615 g/mol. The van der Waals surface area contributed by atoms with Crippen LogP contribution < -0.4 is 9.62 Å². The van der Waals surface area contributed by atoms with Gasteiger partial charge in [-0.15, -0.1) is 0 Å². The van der Waals surface area contributed by atoms with Crippen LogP contribution in [0.15, 0.2) is 72.8 Å². The number of hydrogen-bond acceptors (Lipinski definition) is 4. The van der Waals surface area contributed by atoms with Gasteiger partial charge in [-0.05, 0) is 41.5 Å². The van der Waals surface area contributed by atoms with E-state index in [0.29, 0.717) is 26.5 Å². The van der Waals surface area contributed by atoms with E-state index in [4.69, 9.17) is 23.2 Å². The van der Waals surface area contributed by atoms with Crippen molar-refractivity contribution in [2.24, 2.45) is 0 Å². The van der Waals surface area contributed by atoms with Crippen LogP contribution in [0.2, 0.25) is 10.0 Å². The van der Waals surface area contributed by atoms with Gasteiger partial charge in [0.2, 0.25) is 21.8 Å². The molecule has 0 aliphatic carbocycles. The maximum atomic E-state index is 13.8. The number of sulfonamides is 1. The molecule has 1 atom stereocenters. The molecule has 13 heteroatoms. The second-order valence-corrected chi connectivity index (χ2v) is 11.6. The SMILES string of the molecule is CNC(=O)[C@@H](Cc1ccccc1)N(Cc1ccc(Cl)cc1Cl)C(=O)CN(c1cccc(C(F)(F)F)c1)S(C)(=O)=O. The van der Waals surface area contributed by atoms with E-state index in [1.165, 1.54) is 13.1 Å². The zero-order valence-electron chi connectivity index (χ0n) is 21.5. The molecule has 3 rings (SSSR count). The summed E-state index contributed by atoms with van der Waals surface area (Å²) in [6.45, 7) is -1.08. The van der Waals surface area contributed by atoms with Gasteiger partial charge in [-0.25, -0.2) is 8.42 Å². The molecule has 0 radical (unpaired) electrons. The van der Waals surface area contributed by atoms with Crippen LogP contribution in [0.3, 0.4) is 0 Å². The summed E-state index contributed by atoms with van der Waals surface area (Å²) < 4.78 is 66.1. The van der Waals surface area contributed by atoms with Gasteiger partial charge in [0.1, 0.15) is 12.6 Å². The van der Waals surface area contributed by atoms with Crippen LogP contribution in [0.4, 0.5) is 18.9 Å². The lowest BCUT2D eigenvalue weighted by Gasteiger charge is -2.33. The Morgan fingerprint density at radius 3 is 2.23 bits per heavy atom. The first-order valence-electron chi connectivity index (χ1n) is 11.8. The van der Waals surface area contributed by atoms with Crippen LogP contribution in [0, 0.1) is 0 Å². The number of benzene rings is 3. The highest BCUT2D eigenvalue weighted by molar-refractivity contribution is 7.92. The summed E-state index contributed by atoms with van der Waals surface area (Å²) in [6.07, 6.45) is -3.89. The molecule has 3 aromatic carbocycles. The molecule has 0 unspecified atom stereocenters. The van der Waals surface area contributed by atoms with Crippen molar-refractivity contribution >= 4 is 50.7 Å². The van der Waals surface area contributed by atoms with E-state index in [1.807, 2.05) is 0 Å². The van der Waals surface area contributed by atoms with Gasteiger partial charge in [0.05, 0.1) is 17.5 Å². The fourth-order valence-electron chi connectivity index (χ4n) is 4.01. The van der Waals surface area contributed by atoms with Gasteiger partial charge < -0.3 is 10.2 Å². The van der Waals surface area contributed by atoms with E-state index in [1.54, 1.807) is 42.5 Å². The summed E-state index contributed by atoms with van der Waals surface area (Å²) >= 11 is 12.4. The number of nitrogens with zero attached hydrogens (tertiary/aromatic N) is 2. The van der Waals surface area contributed by atoms with Crippen molar-refractivity contribution in [1.82, 2.24) is 10.2 Å². The lowest BCUT2D eigenvalue weighted by atomic mass is 10.0. The Bertz CT molecular complexity index is 1470. The van der Waals surface area contributed by atoms with E-state index in [0.717, 1.165) is 29.4 Å². The van der Waals surface area contributed by atoms with Crippen molar-refractivity contribution in [3.63, 3.8) is 0 Å². The molecule has 7 nitrogen and oxygen atoms in total. The molecule has 0 bridgehead atoms. The van der Waals surface area contributed by atoms with Crippen LogP contribution in [-0.2, 0) is 38.8 Å². The minimum Gasteiger partial charge on any atom is -0.357 e. The molecular weight excluding hydrogens is 590 g/mol. The minimum atomic E-state index is -4.74. The van der Waals surface area contributed by atoms with E-state index >= 15 is 0 Å². The molecule has 214 valence electrons. The number of alkyl halides is 3. The first kappa shape index (κ1) is 31.3. The van der Waals surface area contributed by atoms with Gasteiger partial charge in [-0.1, -0.05) is 65.7 Å². The molecule has 0 saturated heterocycles. The summed E-state index contributed by atoms with van der Waals surface area (Å²) in [5, 5.41) is 3.07. The quantitative estimate of drug-likeness (QED) is 0.341. The zero-order chi connectivity index (χ0) is 29.7. The summed E-state index contributed by atoms with van der Waals surface area (Å²) in [7, 11) is -2.84. The molecule has 0 aliphatic rings. The van der Waals surface area contributed by atoms with Crippen LogP contribution in [-0.4, -0.2) is 51.0 Å². The zero-order valence-corrected chi connectivity index (χ0v) is 23.8. The van der Waals surface area contributed by atoms with Gasteiger partial charge in [0.25, 0.3) is 0 Å². The van der Waals surface area contributed by atoms with Crippen molar-refractivity contribution in [2.75, 3.05) is 24.2 Å². The van der Waals surface area contributed by atoms with Crippen LogP contribution in [0.25, 0.3) is 0 Å². The lowest BCUT2D eigenvalue weighted by Crippen LogP contribution is -2.53. The van der Waals surface area contributed by atoms with Gasteiger partial charge in [-0.2, -0.15) is 13.2 Å². The summed E-state index contributed by atoms with van der Waals surface area (Å²) in [5.74, 6) is -1.37. The van der Waals surface area contributed by atoms with E-state index in [2.05, 4.69) is 5.32 Å². The third kappa shape index (κ3) is 8.12. The first-order chi connectivity index (χ1) is 18.7. The second-order valence-electron chi connectivity index (χ2n) is 8.89. The average molecular weight is 616 g/mol. The number of anilines is 1. The Balaban J connectivity index is 2.08. The summed E-state index contributed by atoms with van der Waals surface area (Å²) in [5.41, 5.74) is -0.293. The second kappa shape index (κ2) is 12.9. The molecule has 0 spiro atoms. The molecule has 0 fully saturated rings. The van der Waals surface area contributed by atoms with E-state index in [-0.39, 0.29) is 23.7 Å². The highest BCUT2D eigenvalue weighted by Crippen LogP contribution is 2.32. The first-order valence-corrected chi connectivity index (χ1v) is 14.4. The van der Waals surface area contributed by atoms with Crippen molar-refractivity contribution in [1.29, 1.82) is 0 Å². The smallest absolute Gasteiger partial charge is 0.357 e. The molecule has 1 N–H and O–H groups in total. The van der Waals surface area contributed by atoms with Gasteiger partial charge in [0.15, 0.2) is 0 Å². The number of hydrogen-bond donors (Lipinski definition) is 1. The molecule has 0 heterocycles. The number of nitrogens with one attached hydrogen (secondary N) is 1. The Kier molecular flexibility index (Phi) is 10.1. The van der Waals surface area contributed by atoms with E-state index < -0.39 is 46.2 Å². The van der Waals surface area contributed by atoms with Crippen LogP contribution >= 0.6 is 23.2 Å². The topological polar surface area (TPSA) is 86.8 Å². The number of carbonyl (C=O) groups is 2. The molecule has 0 saturated carbocycles. The highest BCUT2D eigenvalue weighted by atomic mass is 35.5. The predicted molar refractivity (Wildman–Crippen MR) is 149 cm³/mol. The predicted octanol–water partition coefficient (Wildman–Crippen LogP) is 5.16. The third-order valence-corrected chi connectivity index (χ3v) is 7.74. The highest BCUT2D eigenvalue weighted by Gasteiger charge is 2.35.